The predicted molar refractivity (Wildman–Crippen MR) is 115 cm³/mol. The maximum absolute atomic E-state index is 12.7. The molecule has 1 aromatic rings. The number of nitrogens with one attached hydrogen (secondary N) is 2. The molecule has 28 heavy (non-hydrogen) atoms. The third kappa shape index (κ3) is 4.22. The number of aliphatic imine (C=N–C) groups is 1. The number of hydrogen-bond acceptors (Lipinski definition) is 6. The second-order valence-electron chi connectivity index (χ2n) is 8.29. The molecule has 1 saturated heterocycles. The molecule has 5 unspecified atom stereocenters. The Bertz CT molecular complexity index is 900. The van der Waals surface area contributed by atoms with Crippen LogP contribution in [-0.4, -0.2) is 48.3 Å². The second-order valence-corrected chi connectivity index (χ2v) is 11.7. The Hall–Kier alpha value is -1.54. The van der Waals surface area contributed by atoms with Crippen molar-refractivity contribution in [3.63, 3.8) is 0 Å². The molecule has 8 heteroatoms. The highest BCUT2D eigenvalue weighted by atomic mass is 32.2. The normalized spacial score (nSPS) is 33.8. The van der Waals surface area contributed by atoms with E-state index in [-0.39, 0.29) is 34.7 Å². The second kappa shape index (κ2) is 7.71. The third-order valence-electron chi connectivity index (χ3n) is 6.22. The average Bonchev–Trinajstić information content (AvgIpc) is 3.11. The van der Waals surface area contributed by atoms with Crippen LogP contribution in [0.3, 0.4) is 0 Å². The summed E-state index contributed by atoms with van der Waals surface area (Å²) in [6, 6.07) is 7.48. The number of benzene rings is 1. The summed E-state index contributed by atoms with van der Waals surface area (Å²) in [4.78, 5) is 17.3. The van der Waals surface area contributed by atoms with E-state index in [1.54, 1.807) is 0 Å². The minimum absolute atomic E-state index is 0.00811. The number of thioether (sulfide) groups is 1. The first-order chi connectivity index (χ1) is 13.3. The molecule has 1 saturated carbocycles. The van der Waals surface area contributed by atoms with Gasteiger partial charge in [-0.2, -0.15) is 0 Å². The molecule has 2 N–H and O–H groups in total. The number of fused-ring (bicyclic) bond motifs is 1. The van der Waals surface area contributed by atoms with Crippen LogP contribution in [0.2, 0.25) is 0 Å². The Morgan fingerprint density at radius 1 is 1.21 bits per heavy atom. The Morgan fingerprint density at radius 2 is 2.04 bits per heavy atom. The topological polar surface area (TPSA) is 87.6 Å². The molecular weight excluding hydrogens is 394 g/mol. The number of carbonyl (C=O) groups excluding carboxylic acids is 1. The Morgan fingerprint density at radius 3 is 2.82 bits per heavy atom. The molecule has 152 valence electrons. The van der Waals surface area contributed by atoms with Crippen molar-refractivity contribution in [1.82, 2.24) is 5.32 Å². The molecule has 6 nitrogen and oxygen atoms in total. The summed E-state index contributed by atoms with van der Waals surface area (Å²) in [7, 11) is -2.95. The summed E-state index contributed by atoms with van der Waals surface area (Å²) in [5.74, 6) is 1.40. The molecule has 2 fully saturated rings. The highest BCUT2D eigenvalue weighted by molar-refractivity contribution is 8.15. The lowest BCUT2D eigenvalue weighted by Gasteiger charge is -2.34. The quantitative estimate of drug-likeness (QED) is 0.784. The van der Waals surface area contributed by atoms with E-state index in [0.29, 0.717) is 17.4 Å². The van der Waals surface area contributed by atoms with Gasteiger partial charge in [-0.1, -0.05) is 44.5 Å². The van der Waals surface area contributed by atoms with Crippen molar-refractivity contribution >= 4 is 38.4 Å². The number of anilines is 1. The number of rotatable bonds is 3. The molecule has 1 aromatic carbocycles. The molecular formula is C20H27N3O3S2. The highest BCUT2D eigenvalue weighted by Crippen LogP contribution is 2.34. The van der Waals surface area contributed by atoms with E-state index in [4.69, 9.17) is 0 Å². The van der Waals surface area contributed by atoms with Crippen molar-refractivity contribution < 1.29 is 13.2 Å². The van der Waals surface area contributed by atoms with Crippen LogP contribution < -0.4 is 10.6 Å². The molecule has 1 amide bonds. The fourth-order valence-corrected chi connectivity index (χ4v) is 7.99. The highest BCUT2D eigenvalue weighted by Gasteiger charge is 2.42. The van der Waals surface area contributed by atoms with Crippen LogP contribution in [0.1, 0.15) is 43.5 Å². The number of amidine groups is 1. The summed E-state index contributed by atoms with van der Waals surface area (Å²) in [5.41, 5.74) is 1.42. The maximum atomic E-state index is 12.7. The predicted octanol–water partition coefficient (Wildman–Crippen LogP) is 2.92. The Balaban J connectivity index is 1.40. The van der Waals surface area contributed by atoms with Crippen LogP contribution in [0.4, 0.5) is 5.69 Å². The van der Waals surface area contributed by atoms with Gasteiger partial charge in [0.05, 0.1) is 17.5 Å². The largest absolute Gasteiger partial charge is 0.349 e. The van der Waals surface area contributed by atoms with E-state index >= 15 is 0 Å². The van der Waals surface area contributed by atoms with Gasteiger partial charge in [-0.05, 0) is 36.5 Å². The lowest BCUT2D eigenvalue weighted by molar-refractivity contribution is 0.0891. The van der Waals surface area contributed by atoms with Crippen molar-refractivity contribution in [3.05, 3.63) is 29.8 Å². The summed E-state index contributed by atoms with van der Waals surface area (Å²) >= 11 is 1.48. The van der Waals surface area contributed by atoms with Gasteiger partial charge in [-0.3, -0.25) is 9.79 Å². The summed E-state index contributed by atoms with van der Waals surface area (Å²) in [6.45, 7) is 4.48. The third-order valence-corrected chi connectivity index (χ3v) is 9.36. The fourth-order valence-electron chi connectivity index (χ4n) is 4.32. The zero-order valence-electron chi connectivity index (χ0n) is 16.2. The van der Waals surface area contributed by atoms with Gasteiger partial charge in [0.15, 0.2) is 15.0 Å². The molecule has 1 aliphatic carbocycles. The van der Waals surface area contributed by atoms with E-state index in [1.165, 1.54) is 18.2 Å². The number of nitrogens with zero attached hydrogens (tertiary/aromatic N) is 1. The van der Waals surface area contributed by atoms with Crippen LogP contribution in [-0.2, 0) is 9.84 Å². The summed E-state index contributed by atoms with van der Waals surface area (Å²) in [6.07, 6.45) is 3.43. The molecule has 5 atom stereocenters. The van der Waals surface area contributed by atoms with Crippen molar-refractivity contribution in [2.45, 2.75) is 50.4 Å². The Kier molecular flexibility index (Phi) is 5.44. The fraction of sp³-hybridized carbons (Fsp3) is 0.600. The molecule has 0 radical (unpaired) electrons. The number of sulfone groups is 1. The first-order valence-electron chi connectivity index (χ1n) is 9.93. The molecule has 2 heterocycles. The average molecular weight is 422 g/mol. The van der Waals surface area contributed by atoms with Crippen molar-refractivity contribution in [1.29, 1.82) is 0 Å². The van der Waals surface area contributed by atoms with Gasteiger partial charge in [0.1, 0.15) is 0 Å². The van der Waals surface area contributed by atoms with Gasteiger partial charge in [0.2, 0.25) is 0 Å². The lowest BCUT2D eigenvalue weighted by atomic mass is 9.78. The van der Waals surface area contributed by atoms with E-state index in [2.05, 4.69) is 29.5 Å². The SMILES string of the molecule is CC1CCCC(NC(=O)c2cccc(NC3=NC4CS(=O)(=O)CC4S3)c2)C1C. The lowest BCUT2D eigenvalue weighted by Crippen LogP contribution is -2.43. The molecule has 4 rings (SSSR count). The molecule has 0 spiro atoms. The van der Waals surface area contributed by atoms with E-state index in [0.717, 1.165) is 23.7 Å². The van der Waals surface area contributed by atoms with Gasteiger partial charge in [-0.25, -0.2) is 8.42 Å². The van der Waals surface area contributed by atoms with Crippen LogP contribution in [0.25, 0.3) is 0 Å². The number of hydrogen-bond donors (Lipinski definition) is 2. The van der Waals surface area contributed by atoms with Crippen LogP contribution >= 0.6 is 11.8 Å². The molecule has 0 aromatic heterocycles. The monoisotopic (exact) mass is 421 g/mol. The number of amides is 1. The van der Waals surface area contributed by atoms with Crippen molar-refractivity contribution in [3.8, 4) is 0 Å². The first kappa shape index (κ1) is 19.8. The number of carbonyl (C=O) groups is 1. The zero-order valence-corrected chi connectivity index (χ0v) is 17.9. The van der Waals surface area contributed by atoms with E-state index in [1.807, 2.05) is 24.3 Å². The molecule has 0 bridgehead atoms. The molecule has 3 aliphatic rings. The standard InChI is InChI=1S/C20H27N3O3S2/c1-12-5-3-8-16(13(12)2)22-19(24)14-6-4-7-15(9-14)21-20-23-17-10-28(25,26)11-18(17)27-20/h4,6-7,9,12-13,16-18H,3,5,8,10-11H2,1-2H3,(H,21,23)(H,22,24). The molecule has 2 aliphatic heterocycles. The summed E-state index contributed by atoms with van der Waals surface area (Å²) in [5, 5.41) is 7.20. The summed E-state index contributed by atoms with van der Waals surface area (Å²) < 4.78 is 23.4. The minimum atomic E-state index is -2.95. The van der Waals surface area contributed by atoms with Crippen molar-refractivity contribution in [2.24, 2.45) is 16.8 Å². The maximum Gasteiger partial charge on any atom is 0.251 e. The zero-order chi connectivity index (χ0) is 19.9. The van der Waals surface area contributed by atoms with Gasteiger partial charge in [0.25, 0.3) is 5.91 Å². The van der Waals surface area contributed by atoms with Gasteiger partial charge in [0, 0.05) is 22.5 Å². The van der Waals surface area contributed by atoms with E-state index < -0.39 is 9.84 Å². The smallest absolute Gasteiger partial charge is 0.251 e. The minimum Gasteiger partial charge on any atom is -0.349 e. The Labute approximate surface area is 170 Å². The van der Waals surface area contributed by atoms with Gasteiger partial charge in [-0.15, -0.1) is 0 Å². The van der Waals surface area contributed by atoms with E-state index in [9.17, 15) is 13.2 Å². The van der Waals surface area contributed by atoms with Gasteiger partial charge >= 0.3 is 0 Å². The van der Waals surface area contributed by atoms with Crippen LogP contribution in [0.5, 0.6) is 0 Å². The van der Waals surface area contributed by atoms with Gasteiger partial charge < -0.3 is 10.6 Å². The van der Waals surface area contributed by atoms with Crippen LogP contribution in [0, 0.1) is 11.8 Å². The van der Waals surface area contributed by atoms with Crippen molar-refractivity contribution in [2.75, 3.05) is 16.8 Å². The van der Waals surface area contributed by atoms with Crippen LogP contribution in [0.15, 0.2) is 29.3 Å². The first-order valence-corrected chi connectivity index (χ1v) is 12.6.